The summed E-state index contributed by atoms with van der Waals surface area (Å²) in [6.45, 7) is 2.32. The van der Waals surface area contributed by atoms with Crippen LogP contribution in [0.1, 0.15) is 12.0 Å². The molecule has 0 atom stereocenters. The van der Waals surface area contributed by atoms with Gasteiger partial charge in [-0.15, -0.1) is 0 Å². The molecule has 96 valence electrons. The van der Waals surface area contributed by atoms with Gasteiger partial charge in [-0.1, -0.05) is 30.3 Å². The van der Waals surface area contributed by atoms with Crippen molar-refractivity contribution >= 4 is 11.9 Å². The molecule has 1 heterocycles. The van der Waals surface area contributed by atoms with Crippen LogP contribution in [0.2, 0.25) is 0 Å². The van der Waals surface area contributed by atoms with Crippen LogP contribution in [-0.4, -0.2) is 36.4 Å². The Morgan fingerprint density at radius 2 is 2.17 bits per heavy atom. The minimum atomic E-state index is 0.00496. The molecular weight excluding hydrogens is 228 g/mol. The molecule has 5 heteroatoms. The number of amides is 1. The van der Waals surface area contributed by atoms with E-state index in [4.69, 9.17) is 5.73 Å². The highest BCUT2D eigenvalue weighted by molar-refractivity contribution is 5.86. The van der Waals surface area contributed by atoms with Gasteiger partial charge in [0, 0.05) is 13.1 Å². The number of guanidine groups is 1. The number of carbonyl (C=O) groups excluding carboxylic acids is 1. The molecule has 1 aromatic carbocycles. The molecular formula is C13H18N4O. The number of nitrogens with two attached hydrogens (primary N) is 1. The fourth-order valence-electron chi connectivity index (χ4n) is 1.86. The summed E-state index contributed by atoms with van der Waals surface area (Å²) in [7, 11) is 0. The lowest BCUT2D eigenvalue weighted by atomic mass is 10.2. The molecule has 0 aromatic heterocycles. The molecule has 0 saturated carbocycles. The maximum atomic E-state index is 11.4. The Bertz CT molecular complexity index is 430. The fourth-order valence-corrected chi connectivity index (χ4v) is 1.86. The van der Waals surface area contributed by atoms with Crippen LogP contribution in [0.25, 0.3) is 0 Å². The van der Waals surface area contributed by atoms with Crippen LogP contribution in [0, 0.1) is 0 Å². The van der Waals surface area contributed by atoms with E-state index in [2.05, 4.69) is 10.3 Å². The molecule has 18 heavy (non-hydrogen) atoms. The van der Waals surface area contributed by atoms with Gasteiger partial charge in [0.05, 0.1) is 13.1 Å². The van der Waals surface area contributed by atoms with Crippen LogP contribution < -0.4 is 11.1 Å². The van der Waals surface area contributed by atoms with Gasteiger partial charge < -0.3 is 16.0 Å². The topological polar surface area (TPSA) is 70.7 Å². The zero-order chi connectivity index (χ0) is 12.8. The molecule has 0 radical (unpaired) electrons. The van der Waals surface area contributed by atoms with Gasteiger partial charge >= 0.3 is 0 Å². The van der Waals surface area contributed by atoms with E-state index in [9.17, 15) is 4.79 Å². The molecule has 1 aliphatic heterocycles. The quantitative estimate of drug-likeness (QED) is 0.583. The van der Waals surface area contributed by atoms with Crippen LogP contribution in [0.5, 0.6) is 0 Å². The third kappa shape index (κ3) is 3.48. The van der Waals surface area contributed by atoms with Crippen LogP contribution >= 0.6 is 0 Å². The van der Waals surface area contributed by atoms with E-state index in [0.717, 1.165) is 18.5 Å². The first-order valence-electron chi connectivity index (χ1n) is 6.11. The van der Waals surface area contributed by atoms with Crippen molar-refractivity contribution < 1.29 is 4.79 Å². The summed E-state index contributed by atoms with van der Waals surface area (Å²) in [6.07, 6.45) is 0.896. The first-order chi connectivity index (χ1) is 8.75. The molecule has 0 aliphatic carbocycles. The van der Waals surface area contributed by atoms with E-state index in [-0.39, 0.29) is 5.91 Å². The van der Waals surface area contributed by atoms with Gasteiger partial charge in [0.1, 0.15) is 0 Å². The van der Waals surface area contributed by atoms with Crippen LogP contribution in [-0.2, 0) is 11.3 Å². The molecule has 0 spiro atoms. The summed E-state index contributed by atoms with van der Waals surface area (Å²) in [6, 6.07) is 9.92. The lowest BCUT2D eigenvalue weighted by Crippen LogP contribution is -2.41. The van der Waals surface area contributed by atoms with Crippen molar-refractivity contribution in [1.82, 2.24) is 10.2 Å². The van der Waals surface area contributed by atoms with Gasteiger partial charge in [-0.25, -0.2) is 4.99 Å². The van der Waals surface area contributed by atoms with Crippen molar-refractivity contribution in [2.45, 2.75) is 13.0 Å². The summed E-state index contributed by atoms with van der Waals surface area (Å²) in [5, 5.41) is 2.81. The zero-order valence-corrected chi connectivity index (χ0v) is 10.3. The van der Waals surface area contributed by atoms with Crippen molar-refractivity contribution in [1.29, 1.82) is 0 Å². The summed E-state index contributed by atoms with van der Waals surface area (Å²) in [5.41, 5.74) is 7.03. The summed E-state index contributed by atoms with van der Waals surface area (Å²) >= 11 is 0. The number of aliphatic imine (C=N–C) groups is 1. The monoisotopic (exact) mass is 246 g/mol. The van der Waals surface area contributed by atoms with E-state index < -0.39 is 0 Å². The van der Waals surface area contributed by atoms with E-state index >= 15 is 0 Å². The van der Waals surface area contributed by atoms with E-state index in [1.54, 1.807) is 0 Å². The molecule has 2 rings (SSSR count). The van der Waals surface area contributed by atoms with Gasteiger partial charge in [-0.3, -0.25) is 4.79 Å². The second-order valence-corrected chi connectivity index (χ2v) is 4.29. The molecule has 1 saturated heterocycles. The lowest BCUT2D eigenvalue weighted by molar-refractivity contribution is -0.120. The number of carbonyl (C=O) groups is 1. The molecule has 0 unspecified atom stereocenters. The standard InChI is InChI=1S/C13H18N4O/c14-13(16-9-11-5-2-1-3-6-11)17-8-4-7-15-12(18)10-17/h1-3,5-6H,4,7-10H2,(H2,14,16)(H,15,18). The highest BCUT2D eigenvalue weighted by atomic mass is 16.2. The predicted molar refractivity (Wildman–Crippen MR) is 71.0 cm³/mol. The molecule has 1 aliphatic rings. The summed E-state index contributed by atoms with van der Waals surface area (Å²) in [5.74, 6) is 0.446. The maximum Gasteiger partial charge on any atom is 0.239 e. The highest BCUT2D eigenvalue weighted by Gasteiger charge is 2.15. The van der Waals surface area contributed by atoms with Crippen molar-refractivity contribution in [3.63, 3.8) is 0 Å². The third-order valence-electron chi connectivity index (χ3n) is 2.85. The SMILES string of the molecule is NC(=NCc1ccccc1)N1CCCNC(=O)C1. The van der Waals surface area contributed by atoms with Gasteiger partial charge in [0.25, 0.3) is 0 Å². The van der Waals surface area contributed by atoms with Crippen molar-refractivity contribution in [3.05, 3.63) is 35.9 Å². The Morgan fingerprint density at radius 3 is 2.94 bits per heavy atom. The number of rotatable bonds is 2. The van der Waals surface area contributed by atoms with Crippen molar-refractivity contribution in [3.8, 4) is 0 Å². The summed E-state index contributed by atoms with van der Waals surface area (Å²) < 4.78 is 0. The second-order valence-electron chi connectivity index (χ2n) is 4.29. The Balaban J connectivity index is 1.97. The Labute approximate surface area is 107 Å². The smallest absolute Gasteiger partial charge is 0.239 e. The van der Waals surface area contributed by atoms with Crippen LogP contribution in [0.4, 0.5) is 0 Å². The molecule has 1 fully saturated rings. The van der Waals surface area contributed by atoms with E-state index in [0.29, 0.717) is 25.6 Å². The average Bonchev–Trinajstić information content (AvgIpc) is 2.62. The van der Waals surface area contributed by atoms with Gasteiger partial charge in [0.15, 0.2) is 5.96 Å². The molecule has 1 aromatic rings. The first kappa shape index (κ1) is 12.4. The number of nitrogens with one attached hydrogen (secondary N) is 1. The Hall–Kier alpha value is -2.04. The number of hydrogen-bond donors (Lipinski definition) is 2. The number of hydrogen-bond acceptors (Lipinski definition) is 2. The second kappa shape index (κ2) is 6.05. The van der Waals surface area contributed by atoms with Gasteiger partial charge in [-0.05, 0) is 12.0 Å². The normalized spacial score (nSPS) is 17.2. The van der Waals surface area contributed by atoms with E-state index in [1.807, 2.05) is 35.2 Å². The van der Waals surface area contributed by atoms with Crippen molar-refractivity contribution in [2.24, 2.45) is 10.7 Å². The Morgan fingerprint density at radius 1 is 1.39 bits per heavy atom. The fraction of sp³-hybridized carbons (Fsp3) is 0.385. The first-order valence-corrected chi connectivity index (χ1v) is 6.11. The molecule has 5 nitrogen and oxygen atoms in total. The average molecular weight is 246 g/mol. The molecule has 0 bridgehead atoms. The third-order valence-corrected chi connectivity index (χ3v) is 2.85. The lowest BCUT2D eigenvalue weighted by Gasteiger charge is -2.19. The van der Waals surface area contributed by atoms with Crippen LogP contribution in [0.15, 0.2) is 35.3 Å². The maximum absolute atomic E-state index is 11.4. The Kier molecular flexibility index (Phi) is 4.17. The number of nitrogens with zero attached hydrogens (tertiary/aromatic N) is 2. The van der Waals surface area contributed by atoms with Gasteiger partial charge in [0.2, 0.25) is 5.91 Å². The largest absolute Gasteiger partial charge is 0.370 e. The molecule has 3 N–H and O–H groups in total. The highest BCUT2D eigenvalue weighted by Crippen LogP contribution is 2.02. The minimum absolute atomic E-state index is 0.00496. The van der Waals surface area contributed by atoms with Crippen LogP contribution in [0.3, 0.4) is 0 Å². The van der Waals surface area contributed by atoms with E-state index in [1.165, 1.54) is 0 Å². The zero-order valence-electron chi connectivity index (χ0n) is 10.3. The van der Waals surface area contributed by atoms with Gasteiger partial charge in [-0.2, -0.15) is 0 Å². The summed E-state index contributed by atoms with van der Waals surface area (Å²) in [4.78, 5) is 17.6. The number of benzene rings is 1. The predicted octanol–water partition coefficient (Wildman–Crippen LogP) is 0.323. The van der Waals surface area contributed by atoms with Crippen molar-refractivity contribution in [2.75, 3.05) is 19.6 Å². The molecule has 1 amide bonds. The minimum Gasteiger partial charge on any atom is -0.370 e.